The van der Waals surface area contributed by atoms with Crippen LogP contribution in [0.5, 0.6) is 0 Å². The van der Waals surface area contributed by atoms with Crippen LogP contribution in [-0.4, -0.2) is 20.4 Å². The van der Waals surface area contributed by atoms with Crippen LogP contribution in [-0.2, 0) is 17.9 Å². The van der Waals surface area contributed by atoms with Crippen molar-refractivity contribution in [2.45, 2.75) is 13.1 Å². The molecule has 6 nitrogen and oxygen atoms in total. The molecule has 0 radical (unpaired) electrons. The van der Waals surface area contributed by atoms with E-state index in [4.69, 9.17) is 11.6 Å². The first kappa shape index (κ1) is 15.2. The Morgan fingerprint density at radius 1 is 1.17 bits per heavy atom. The molecule has 0 aliphatic rings. The standard InChI is InChI=1S/C16H13ClN4O2/c17-13-6-2-1-4-11(13)8-19-14(22)9-21-10-20-15-12(16(21)23)5-3-7-18-15/h1-7,10H,8-9H2,(H,19,22). The van der Waals surface area contributed by atoms with Gasteiger partial charge >= 0.3 is 0 Å². The maximum atomic E-state index is 12.3. The normalized spacial score (nSPS) is 10.7. The molecule has 0 saturated heterocycles. The number of nitrogens with one attached hydrogen (secondary N) is 1. The lowest BCUT2D eigenvalue weighted by atomic mass is 10.2. The zero-order valence-electron chi connectivity index (χ0n) is 12.1. The Kier molecular flexibility index (Phi) is 4.34. The van der Waals surface area contributed by atoms with Crippen molar-refractivity contribution in [3.8, 4) is 0 Å². The Morgan fingerprint density at radius 3 is 2.83 bits per heavy atom. The van der Waals surface area contributed by atoms with Crippen LogP contribution in [0.2, 0.25) is 5.02 Å². The quantitative estimate of drug-likeness (QED) is 0.791. The van der Waals surface area contributed by atoms with Crippen LogP contribution in [0.4, 0.5) is 0 Å². The first-order valence-electron chi connectivity index (χ1n) is 6.95. The summed E-state index contributed by atoms with van der Waals surface area (Å²) in [7, 11) is 0. The van der Waals surface area contributed by atoms with Gasteiger partial charge in [-0.15, -0.1) is 0 Å². The second-order valence-corrected chi connectivity index (χ2v) is 5.33. The number of hydrogen-bond acceptors (Lipinski definition) is 4. The first-order chi connectivity index (χ1) is 11.1. The van der Waals surface area contributed by atoms with Crippen LogP contribution < -0.4 is 10.9 Å². The molecule has 0 atom stereocenters. The maximum absolute atomic E-state index is 12.3. The maximum Gasteiger partial charge on any atom is 0.263 e. The molecular formula is C16H13ClN4O2. The van der Waals surface area contributed by atoms with Gasteiger partial charge in [-0.05, 0) is 23.8 Å². The molecule has 0 saturated carbocycles. The second-order valence-electron chi connectivity index (χ2n) is 4.92. The molecule has 1 amide bonds. The molecule has 116 valence electrons. The van der Waals surface area contributed by atoms with Crippen molar-refractivity contribution in [1.82, 2.24) is 19.9 Å². The molecule has 2 aromatic heterocycles. The number of hydrogen-bond donors (Lipinski definition) is 1. The number of nitrogens with zero attached hydrogens (tertiary/aromatic N) is 3. The number of amides is 1. The molecule has 0 fully saturated rings. The van der Waals surface area contributed by atoms with E-state index in [9.17, 15) is 9.59 Å². The van der Waals surface area contributed by atoms with Crippen molar-refractivity contribution >= 4 is 28.5 Å². The SMILES string of the molecule is O=C(Cn1cnc2ncccc2c1=O)NCc1ccccc1Cl. The molecule has 2 heterocycles. The zero-order valence-corrected chi connectivity index (χ0v) is 12.8. The number of aromatic nitrogens is 3. The number of pyridine rings is 1. The molecule has 3 rings (SSSR count). The van der Waals surface area contributed by atoms with Gasteiger partial charge in [-0.25, -0.2) is 9.97 Å². The predicted octanol–water partition coefficient (Wildman–Crippen LogP) is 1.76. The number of benzene rings is 1. The van der Waals surface area contributed by atoms with E-state index in [1.165, 1.54) is 10.9 Å². The average molecular weight is 329 g/mol. The summed E-state index contributed by atoms with van der Waals surface area (Å²) in [5.74, 6) is -0.294. The van der Waals surface area contributed by atoms with Crippen molar-refractivity contribution in [1.29, 1.82) is 0 Å². The summed E-state index contributed by atoms with van der Waals surface area (Å²) in [5.41, 5.74) is 0.886. The van der Waals surface area contributed by atoms with Crippen LogP contribution >= 0.6 is 11.6 Å². The first-order valence-corrected chi connectivity index (χ1v) is 7.33. The number of fused-ring (bicyclic) bond motifs is 1. The number of halogens is 1. The highest BCUT2D eigenvalue weighted by Crippen LogP contribution is 2.14. The van der Waals surface area contributed by atoms with E-state index in [2.05, 4.69) is 15.3 Å². The third kappa shape index (κ3) is 3.37. The van der Waals surface area contributed by atoms with E-state index >= 15 is 0 Å². The zero-order chi connectivity index (χ0) is 16.2. The molecule has 0 unspecified atom stereocenters. The van der Waals surface area contributed by atoms with Crippen LogP contribution in [0, 0.1) is 0 Å². The molecule has 0 aliphatic heterocycles. The minimum Gasteiger partial charge on any atom is -0.350 e. The molecule has 0 aliphatic carbocycles. The molecular weight excluding hydrogens is 316 g/mol. The summed E-state index contributed by atoms with van der Waals surface area (Å²) in [6, 6.07) is 10.6. The summed E-state index contributed by atoms with van der Waals surface area (Å²) >= 11 is 6.04. The van der Waals surface area contributed by atoms with E-state index in [0.717, 1.165) is 5.56 Å². The Morgan fingerprint density at radius 2 is 2.00 bits per heavy atom. The summed E-state index contributed by atoms with van der Waals surface area (Å²) in [6.07, 6.45) is 2.89. The van der Waals surface area contributed by atoms with Crippen molar-refractivity contribution < 1.29 is 4.79 Å². The van der Waals surface area contributed by atoms with Gasteiger partial charge in [0.05, 0.1) is 5.39 Å². The molecule has 1 aromatic carbocycles. The van der Waals surface area contributed by atoms with Crippen LogP contribution in [0.25, 0.3) is 11.0 Å². The van der Waals surface area contributed by atoms with Crippen molar-refractivity contribution in [2.75, 3.05) is 0 Å². The molecule has 3 aromatic rings. The fourth-order valence-corrected chi connectivity index (χ4v) is 2.36. The van der Waals surface area contributed by atoms with E-state index < -0.39 is 0 Å². The number of carbonyl (C=O) groups excluding carboxylic acids is 1. The van der Waals surface area contributed by atoms with E-state index in [1.807, 2.05) is 18.2 Å². The van der Waals surface area contributed by atoms with Crippen LogP contribution in [0.15, 0.2) is 53.7 Å². The lowest BCUT2D eigenvalue weighted by Crippen LogP contribution is -2.32. The highest BCUT2D eigenvalue weighted by Gasteiger charge is 2.09. The highest BCUT2D eigenvalue weighted by atomic mass is 35.5. The van der Waals surface area contributed by atoms with Gasteiger partial charge in [-0.3, -0.25) is 14.2 Å². The number of carbonyl (C=O) groups is 1. The Balaban J connectivity index is 1.72. The average Bonchev–Trinajstić information content (AvgIpc) is 2.57. The summed E-state index contributed by atoms with van der Waals surface area (Å²) in [5, 5.41) is 3.71. The third-order valence-electron chi connectivity index (χ3n) is 3.35. The Hall–Kier alpha value is -2.73. The fraction of sp³-hybridized carbons (Fsp3) is 0.125. The van der Waals surface area contributed by atoms with Gasteiger partial charge in [-0.2, -0.15) is 0 Å². The lowest BCUT2D eigenvalue weighted by Gasteiger charge is -2.08. The van der Waals surface area contributed by atoms with E-state index in [0.29, 0.717) is 22.6 Å². The minimum absolute atomic E-state index is 0.110. The Bertz CT molecular complexity index is 923. The van der Waals surface area contributed by atoms with Gasteiger partial charge in [-0.1, -0.05) is 29.8 Å². The van der Waals surface area contributed by atoms with Gasteiger partial charge in [0.1, 0.15) is 12.9 Å². The van der Waals surface area contributed by atoms with E-state index in [1.54, 1.807) is 24.4 Å². The highest BCUT2D eigenvalue weighted by molar-refractivity contribution is 6.31. The van der Waals surface area contributed by atoms with Gasteiger partial charge in [0.2, 0.25) is 5.91 Å². The van der Waals surface area contributed by atoms with Crippen molar-refractivity contribution in [3.63, 3.8) is 0 Å². The van der Waals surface area contributed by atoms with Gasteiger partial charge < -0.3 is 5.32 Å². The summed E-state index contributed by atoms with van der Waals surface area (Å²) in [6.45, 7) is 0.191. The third-order valence-corrected chi connectivity index (χ3v) is 3.71. The molecule has 1 N–H and O–H groups in total. The van der Waals surface area contributed by atoms with Crippen molar-refractivity contribution in [3.05, 3.63) is 69.9 Å². The van der Waals surface area contributed by atoms with E-state index in [-0.39, 0.29) is 18.0 Å². The molecule has 7 heteroatoms. The summed E-state index contributed by atoms with van der Waals surface area (Å²) in [4.78, 5) is 32.4. The molecule has 0 spiro atoms. The predicted molar refractivity (Wildman–Crippen MR) is 87.1 cm³/mol. The monoisotopic (exact) mass is 328 g/mol. The van der Waals surface area contributed by atoms with Crippen molar-refractivity contribution in [2.24, 2.45) is 0 Å². The smallest absolute Gasteiger partial charge is 0.263 e. The van der Waals surface area contributed by atoms with Crippen LogP contribution in [0.3, 0.4) is 0 Å². The number of rotatable bonds is 4. The van der Waals surface area contributed by atoms with Crippen LogP contribution in [0.1, 0.15) is 5.56 Å². The topological polar surface area (TPSA) is 76.9 Å². The molecule has 23 heavy (non-hydrogen) atoms. The van der Waals surface area contributed by atoms with Gasteiger partial charge in [0.15, 0.2) is 5.65 Å². The van der Waals surface area contributed by atoms with Gasteiger partial charge in [0.25, 0.3) is 5.56 Å². The molecule has 0 bridgehead atoms. The lowest BCUT2D eigenvalue weighted by molar-refractivity contribution is -0.121. The largest absolute Gasteiger partial charge is 0.350 e. The van der Waals surface area contributed by atoms with Gasteiger partial charge in [0, 0.05) is 17.8 Å². The Labute approximate surface area is 136 Å². The fourth-order valence-electron chi connectivity index (χ4n) is 2.16. The second kappa shape index (κ2) is 6.58. The minimum atomic E-state index is -0.295. The summed E-state index contributed by atoms with van der Waals surface area (Å²) < 4.78 is 1.26.